The van der Waals surface area contributed by atoms with Crippen LogP contribution < -0.4 is 5.76 Å². The molecule has 16 heavy (non-hydrogen) atoms. The minimum Gasteiger partial charge on any atom is -0.456 e. The van der Waals surface area contributed by atoms with Crippen LogP contribution in [0.4, 0.5) is 0 Å². The third-order valence-corrected chi connectivity index (χ3v) is 1.95. The lowest BCUT2D eigenvalue weighted by Crippen LogP contribution is -2.08. The molecular weight excluding hydrogens is 210 g/mol. The molecule has 0 bridgehead atoms. The van der Waals surface area contributed by atoms with Crippen molar-refractivity contribution in [2.45, 2.75) is 6.61 Å². The Balaban J connectivity index is 1.97. The van der Waals surface area contributed by atoms with Crippen LogP contribution in [0.1, 0.15) is 16.1 Å². The maximum absolute atomic E-state index is 11.4. The fourth-order valence-electron chi connectivity index (χ4n) is 1.18. The molecule has 1 aromatic heterocycles. The second-order valence-electron chi connectivity index (χ2n) is 3.12. The van der Waals surface area contributed by atoms with Gasteiger partial charge in [0, 0.05) is 0 Å². The molecule has 0 atom stereocenters. The monoisotopic (exact) mass is 219 g/mol. The van der Waals surface area contributed by atoms with Crippen LogP contribution in [-0.4, -0.2) is 11.0 Å². The fourth-order valence-corrected chi connectivity index (χ4v) is 1.18. The number of aromatic nitrogens is 1. The smallest absolute Gasteiger partial charge is 0.416 e. The second-order valence-corrected chi connectivity index (χ2v) is 3.12. The van der Waals surface area contributed by atoms with Crippen LogP contribution in [-0.2, 0) is 11.3 Å². The van der Waals surface area contributed by atoms with Gasteiger partial charge in [-0.05, 0) is 5.56 Å². The topological polar surface area (TPSA) is 72.3 Å². The summed E-state index contributed by atoms with van der Waals surface area (Å²) in [6.07, 6.45) is 1.04. The summed E-state index contributed by atoms with van der Waals surface area (Å²) in [4.78, 5) is 24.2. The van der Waals surface area contributed by atoms with Crippen molar-refractivity contribution >= 4 is 5.97 Å². The molecule has 0 saturated heterocycles. The number of ether oxygens (including phenoxy) is 1. The van der Waals surface area contributed by atoms with Gasteiger partial charge in [-0.15, -0.1) is 0 Å². The molecule has 2 rings (SSSR count). The lowest BCUT2D eigenvalue weighted by molar-refractivity contribution is 0.0465. The predicted octanol–water partition coefficient (Wildman–Crippen LogP) is 1.32. The zero-order valence-corrected chi connectivity index (χ0v) is 8.30. The summed E-state index contributed by atoms with van der Waals surface area (Å²) >= 11 is 0. The lowest BCUT2D eigenvalue weighted by atomic mass is 10.2. The van der Waals surface area contributed by atoms with Gasteiger partial charge in [-0.25, -0.2) is 9.59 Å². The van der Waals surface area contributed by atoms with Crippen LogP contribution in [0.2, 0.25) is 0 Å². The Bertz CT molecular complexity index is 526. The van der Waals surface area contributed by atoms with E-state index in [0.29, 0.717) is 0 Å². The molecule has 0 amide bonds. The summed E-state index contributed by atoms with van der Waals surface area (Å²) in [5.41, 5.74) is 0.891. The third kappa shape index (κ3) is 2.38. The molecule has 0 aliphatic rings. The molecule has 5 heteroatoms. The van der Waals surface area contributed by atoms with E-state index in [1.165, 1.54) is 0 Å². The predicted molar refractivity (Wildman–Crippen MR) is 54.9 cm³/mol. The molecule has 0 spiro atoms. The highest BCUT2D eigenvalue weighted by molar-refractivity contribution is 5.86. The molecule has 1 N–H and O–H groups in total. The van der Waals surface area contributed by atoms with Crippen molar-refractivity contribution in [3.63, 3.8) is 0 Å². The van der Waals surface area contributed by atoms with E-state index in [2.05, 4.69) is 9.40 Å². The molecule has 1 aromatic carbocycles. The number of carbonyl (C=O) groups is 1. The second kappa shape index (κ2) is 4.48. The molecule has 0 aliphatic carbocycles. The number of esters is 1. The summed E-state index contributed by atoms with van der Waals surface area (Å²) < 4.78 is 9.38. The summed E-state index contributed by atoms with van der Waals surface area (Å²) in [5, 5.41) is 0. The number of carbonyl (C=O) groups excluding carboxylic acids is 1. The molecular formula is C11H9NO4. The highest BCUT2D eigenvalue weighted by atomic mass is 16.5. The van der Waals surface area contributed by atoms with Gasteiger partial charge in [0.15, 0.2) is 5.69 Å². The van der Waals surface area contributed by atoms with Gasteiger partial charge in [-0.3, -0.25) is 4.98 Å². The molecule has 5 nitrogen and oxygen atoms in total. The Kier molecular flexibility index (Phi) is 2.86. The third-order valence-electron chi connectivity index (χ3n) is 1.95. The first-order valence-electron chi connectivity index (χ1n) is 4.64. The number of rotatable bonds is 3. The van der Waals surface area contributed by atoms with E-state index >= 15 is 0 Å². The first kappa shape index (κ1) is 10.2. The Morgan fingerprint density at radius 2 is 2.06 bits per heavy atom. The number of hydrogen-bond acceptors (Lipinski definition) is 4. The summed E-state index contributed by atoms with van der Waals surface area (Å²) in [6, 6.07) is 9.25. The molecule has 0 aliphatic heterocycles. The molecule has 0 unspecified atom stereocenters. The number of aromatic amines is 1. The quantitative estimate of drug-likeness (QED) is 0.790. The van der Waals surface area contributed by atoms with E-state index in [0.717, 1.165) is 11.8 Å². The van der Waals surface area contributed by atoms with E-state index in [9.17, 15) is 9.59 Å². The van der Waals surface area contributed by atoms with Gasteiger partial charge in [0.05, 0.1) is 0 Å². The van der Waals surface area contributed by atoms with Crippen molar-refractivity contribution < 1.29 is 13.9 Å². The number of oxazole rings is 1. The van der Waals surface area contributed by atoms with Crippen molar-refractivity contribution in [1.29, 1.82) is 0 Å². The van der Waals surface area contributed by atoms with Crippen LogP contribution in [0.5, 0.6) is 0 Å². The van der Waals surface area contributed by atoms with E-state index in [-0.39, 0.29) is 12.3 Å². The minimum atomic E-state index is -0.674. The van der Waals surface area contributed by atoms with Crippen molar-refractivity contribution in [2.75, 3.05) is 0 Å². The Hall–Kier alpha value is -2.30. The summed E-state index contributed by atoms with van der Waals surface area (Å²) in [7, 11) is 0. The maximum atomic E-state index is 11.4. The summed E-state index contributed by atoms with van der Waals surface area (Å²) in [6.45, 7) is 0.160. The van der Waals surface area contributed by atoms with Gasteiger partial charge < -0.3 is 9.15 Å². The first-order chi connectivity index (χ1) is 7.75. The van der Waals surface area contributed by atoms with Crippen molar-refractivity contribution in [1.82, 2.24) is 4.98 Å². The average molecular weight is 219 g/mol. The van der Waals surface area contributed by atoms with Gasteiger partial charge in [-0.1, -0.05) is 30.3 Å². The highest BCUT2D eigenvalue weighted by Gasteiger charge is 2.10. The van der Waals surface area contributed by atoms with Crippen molar-refractivity contribution in [2.24, 2.45) is 0 Å². The average Bonchev–Trinajstić information content (AvgIpc) is 2.74. The van der Waals surface area contributed by atoms with Crippen molar-refractivity contribution in [3.8, 4) is 0 Å². The van der Waals surface area contributed by atoms with E-state index in [4.69, 9.17) is 4.74 Å². The Morgan fingerprint density at radius 1 is 1.31 bits per heavy atom. The van der Waals surface area contributed by atoms with Crippen LogP contribution in [0.25, 0.3) is 0 Å². The Labute approximate surface area is 90.7 Å². The number of nitrogens with one attached hydrogen (secondary N) is 1. The largest absolute Gasteiger partial charge is 0.456 e. The zero-order chi connectivity index (χ0) is 11.4. The van der Waals surface area contributed by atoms with E-state index < -0.39 is 11.7 Å². The minimum absolute atomic E-state index is 0.0148. The van der Waals surface area contributed by atoms with Crippen LogP contribution in [0, 0.1) is 0 Å². The van der Waals surface area contributed by atoms with Crippen LogP contribution >= 0.6 is 0 Å². The maximum Gasteiger partial charge on any atom is 0.416 e. The highest BCUT2D eigenvalue weighted by Crippen LogP contribution is 2.03. The van der Waals surface area contributed by atoms with Gasteiger partial charge in [0.25, 0.3) is 0 Å². The molecule has 0 saturated carbocycles. The van der Waals surface area contributed by atoms with Gasteiger partial charge in [-0.2, -0.15) is 0 Å². The molecule has 0 fully saturated rings. The molecule has 0 radical (unpaired) electrons. The molecule has 1 heterocycles. The van der Waals surface area contributed by atoms with Gasteiger partial charge >= 0.3 is 11.7 Å². The Morgan fingerprint density at radius 3 is 2.69 bits per heavy atom. The molecule has 2 aromatic rings. The van der Waals surface area contributed by atoms with Crippen molar-refractivity contribution in [3.05, 3.63) is 58.4 Å². The van der Waals surface area contributed by atoms with E-state index in [1.807, 2.05) is 30.3 Å². The zero-order valence-electron chi connectivity index (χ0n) is 8.30. The lowest BCUT2D eigenvalue weighted by Gasteiger charge is -2.02. The number of benzene rings is 1. The fraction of sp³-hybridized carbons (Fsp3) is 0.0909. The molecule has 82 valence electrons. The SMILES string of the molecule is O=C(OCc1ccccc1)c1coc(=O)[nH]1. The van der Waals surface area contributed by atoms with Gasteiger partial charge in [0.1, 0.15) is 12.9 Å². The normalized spacial score (nSPS) is 10.0. The van der Waals surface area contributed by atoms with Crippen LogP contribution in [0.3, 0.4) is 0 Å². The number of hydrogen-bond donors (Lipinski definition) is 1. The van der Waals surface area contributed by atoms with E-state index in [1.54, 1.807) is 0 Å². The van der Waals surface area contributed by atoms with Crippen LogP contribution in [0.15, 0.2) is 45.8 Å². The number of H-pyrrole nitrogens is 1. The van der Waals surface area contributed by atoms with Gasteiger partial charge in [0.2, 0.25) is 0 Å². The first-order valence-corrected chi connectivity index (χ1v) is 4.64. The standard InChI is InChI=1S/C11H9NO4/c13-10(9-7-16-11(14)12-9)15-6-8-4-2-1-3-5-8/h1-5,7H,6H2,(H,12,14). The summed E-state index contributed by atoms with van der Waals surface area (Å²) in [5.74, 6) is -1.29.